The highest BCUT2D eigenvalue weighted by atomic mass is 35.5. The van der Waals surface area contributed by atoms with E-state index in [-0.39, 0.29) is 24.2 Å². The first-order chi connectivity index (χ1) is 16.7. The highest BCUT2D eigenvalue weighted by Crippen LogP contribution is 2.36. The number of thioether (sulfide) groups is 1. The van der Waals surface area contributed by atoms with E-state index >= 15 is 0 Å². The molecule has 9 heteroatoms. The Kier molecular flexibility index (Phi) is 8.14. The second-order valence-corrected chi connectivity index (χ2v) is 9.71. The van der Waals surface area contributed by atoms with Crippen LogP contribution in [0.25, 0.3) is 0 Å². The van der Waals surface area contributed by atoms with Crippen LogP contribution in [-0.2, 0) is 31.2 Å². The Morgan fingerprint density at radius 3 is 2.60 bits per heavy atom. The van der Waals surface area contributed by atoms with Gasteiger partial charge < -0.3 is 5.32 Å². The SMILES string of the molecule is O=C(CCc1ccc(C(F)(F)F)cc1F)c1ccc(CSc2c(Cl)ccc3c2CCNCC3)nc1. The van der Waals surface area contributed by atoms with Crippen molar-refractivity contribution < 1.29 is 22.4 Å². The number of carbonyl (C=O) groups excluding carboxylic acids is 1. The molecule has 1 aromatic heterocycles. The molecule has 0 atom stereocenters. The molecule has 1 aliphatic rings. The predicted octanol–water partition coefficient (Wildman–Crippen LogP) is 6.69. The van der Waals surface area contributed by atoms with Gasteiger partial charge in [0.15, 0.2) is 5.78 Å². The molecular formula is C26H23ClF4N2OS. The average molecular weight is 523 g/mol. The number of hydrogen-bond donors (Lipinski definition) is 1. The number of Topliss-reactive ketones (excluding diaryl/α,β-unsaturated/α-hetero) is 1. The maximum atomic E-state index is 14.0. The van der Waals surface area contributed by atoms with Crippen LogP contribution in [0.1, 0.15) is 44.7 Å². The zero-order valence-electron chi connectivity index (χ0n) is 18.7. The molecule has 0 bridgehead atoms. The third-order valence-corrected chi connectivity index (χ3v) is 7.57. The van der Waals surface area contributed by atoms with Gasteiger partial charge in [-0.1, -0.05) is 23.7 Å². The Morgan fingerprint density at radius 1 is 1.09 bits per heavy atom. The lowest BCUT2D eigenvalue weighted by atomic mass is 10.0. The lowest BCUT2D eigenvalue weighted by Gasteiger charge is -2.13. The maximum absolute atomic E-state index is 14.0. The molecule has 3 aromatic rings. The number of pyridine rings is 1. The molecule has 0 saturated carbocycles. The molecule has 35 heavy (non-hydrogen) atoms. The number of halogens is 5. The maximum Gasteiger partial charge on any atom is 0.416 e. The van der Waals surface area contributed by atoms with E-state index in [1.54, 1.807) is 23.9 Å². The Bertz CT molecular complexity index is 1220. The van der Waals surface area contributed by atoms with E-state index < -0.39 is 17.6 Å². The predicted molar refractivity (Wildman–Crippen MR) is 130 cm³/mol. The van der Waals surface area contributed by atoms with Crippen LogP contribution in [0.2, 0.25) is 5.02 Å². The summed E-state index contributed by atoms with van der Waals surface area (Å²) in [6, 6.07) is 9.83. The fourth-order valence-corrected chi connectivity index (χ4v) is 5.42. The minimum Gasteiger partial charge on any atom is -0.316 e. The highest BCUT2D eigenvalue weighted by Gasteiger charge is 2.31. The van der Waals surface area contributed by atoms with Crippen LogP contribution in [0.4, 0.5) is 17.6 Å². The van der Waals surface area contributed by atoms with Crippen LogP contribution in [0.5, 0.6) is 0 Å². The van der Waals surface area contributed by atoms with Crippen molar-refractivity contribution in [2.45, 2.75) is 42.5 Å². The molecule has 4 rings (SSSR count). The van der Waals surface area contributed by atoms with Gasteiger partial charge in [0.05, 0.1) is 16.3 Å². The molecule has 1 aliphatic heterocycles. The van der Waals surface area contributed by atoms with E-state index in [4.69, 9.17) is 11.6 Å². The Labute approximate surface area is 210 Å². The normalized spacial score (nSPS) is 13.9. The van der Waals surface area contributed by atoms with Gasteiger partial charge in [-0.3, -0.25) is 9.78 Å². The van der Waals surface area contributed by atoms with Crippen molar-refractivity contribution in [2.75, 3.05) is 13.1 Å². The molecule has 2 heterocycles. The summed E-state index contributed by atoms with van der Waals surface area (Å²) in [5.74, 6) is -0.624. The molecule has 184 valence electrons. The number of fused-ring (bicyclic) bond motifs is 1. The van der Waals surface area contributed by atoms with Crippen molar-refractivity contribution in [1.82, 2.24) is 10.3 Å². The van der Waals surface area contributed by atoms with Gasteiger partial charge in [-0.15, -0.1) is 11.8 Å². The standard InChI is InChI=1S/C26H23ClF4N2OS/c27-22-7-3-16-9-11-32-12-10-21(16)25(22)35-15-20-6-2-18(14-33-20)24(34)8-4-17-1-5-19(13-23(17)28)26(29,30)31/h1-3,5-7,13-14,32H,4,8-12,15H2. The lowest BCUT2D eigenvalue weighted by Crippen LogP contribution is -2.16. The third-order valence-electron chi connectivity index (χ3n) is 5.95. The smallest absolute Gasteiger partial charge is 0.316 e. The van der Waals surface area contributed by atoms with Gasteiger partial charge in [-0.25, -0.2) is 4.39 Å². The first-order valence-electron chi connectivity index (χ1n) is 11.2. The molecular weight excluding hydrogens is 500 g/mol. The van der Waals surface area contributed by atoms with E-state index in [1.165, 1.54) is 17.3 Å². The zero-order chi connectivity index (χ0) is 25.0. The average Bonchev–Trinajstić information content (AvgIpc) is 3.08. The summed E-state index contributed by atoms with van der Waals surface area (Å²) < 4.78 is 52.1. The number of benzene rings is 2. The third kappa shape index (κ3) is 6.42. The largest absolute Gasteiger partial charge is 0.416 e. The van der Waals surface area contributed by atoms with Crippen LogP contribution in [0.15, 0.2) is 53.6 Å². The molecule has 0 aliphatic carbocycles. The van der Waals surface area contributed by atoms with E-state index in [9.17, 15) is 22.4 Å². The summed E-state index contributed by atoms with van der Waals surface area (Å²) >= 11 is 8.11. The van der Waals surface area contributed by atoms with Crippen molar-refractivity contribution in [3.63, 3.8) is 0 Å². The first-order valence-corrected chi connectivity index (χ1v) is 12.6. The topological polar surface area (TPSA) is 42.0 Å². The Morgan fingerprint density at radius 2 is 1.89 bits per heavy atom. The van der Waals surface area contributed by atoms with Crippen LogP contribution in [0, 0.1) is 5.82 Å². The second-order valence-electron chi connectivity index (χ2n) is 8.32. The fraction of sp³-hybridized carbons (Fsp3) is 0.308. The lowest BCUT2D eigenvalue weighted by molar-refractivity contribution is -0.137. The molecule has 0 spiro atoms. The van der Waals surface area contributed by atoms with Crippen molar-refractivity contribution in [3.8, 4) is 0 Å². The van der Waals surface area contributed by atoms with Gasteiger partial charge in [0.1, 0.15) is 5.82 Å². The Balaban J connectivity index is 1.36. The number of aryl methyl sites for hydroxylation is 1. The number of nitrogens with zero attached hydrogens (tertiary/aromatic N) is 1. The van der Waals surface area contributed by atoms with E-state index in [0.29, 0.717) is 17.4 Å². The van der Waals surface area contributed by atoms with E-state index in [1.807, 2.05) is 6.07 Å². The minimum absolute atomic E-state index is 0.00683. The molecule has 0 unspecified atom stereocenters. The van der Waals surface area contributed by atoms with Crippen LogP contribution in [0.3, 0.4) is 0 Å². The second kappa shape index (κ2) is 11.1. The molecule has 0 amide bonds. The van der Waals surface area contributed by atoms with Gasteiger partial charge in [0.25, 0.3) is 0 Å². The van der Waals surface area contributed by atoms with E-state index in [0.717, 1.165) is 53.7 Å². The summed E-state index contributed by atoms with van der Waals surface area (Å²) in [5.41, 5.74) is 2.77. The van der Waals surface area contributed by atoms with Crippen LogP contribution < -0.4 is 5.32 Å². The molecule has 0 radical (unpaired) electrons. The minimum atomic E-state index is -4.61. The molecule has 2 aromatic carbocycles. The fourth-order valence-electron chi connectivity index (χ4n) is 4.01. The van der Waals surface area contributed by atoms with Gasteiger partial charge >= 0.3 is 6.18 Å². The van der Waals surface area contributed by atoms with Crippen molar-refractivity contribution in [1.29, 1.82) is 0 Å². The number of alkyl halides is 3. The van der Waals surface area contributed by atoms with Crippen LogP contribution >= 0.6 is 23.4 Å². The molecule has 0 fully saturated rings. The summed E-state index contributed by atoms with van der Waals surface area (Å²) in [7, 11) is 0. The van der Waals surface area contributed by atoms with Gasteiger partial charge in [-0.2, -0.15) is 13.2 Å². The number of aromatic nitrogens is 1. The summed E-state index contributed by atoms with van der Waals surface area (Å²) in [6.07, 6.45) is -1.27. The van der Waals surface area contributed by atoms with Crippen molar-refractivity contribution in [3.05, 3.63) is 93.0 Å². The highest BCUT2D eigenvalue weighted by molar-refractivity contribution is 7.98. The van der Waals surface area contributed by atoms with Crippen molar-refractivity contribution >= 4 is 29.1 Å². The number of rotatable bonds is 7. The molecule has 3 nitrogen and oxygen atoms in total. The number of nitrogens with one attached hydrogen (secondary N) is 1. The van der Waals surface area contributed by atoms with Crippen molar-refractivity contribution in [2.24, 2.45) is 0 Å². The summed E-state index contributed by atoms with van der Waals surface area (Å²) in [4.78, 5) is 18.0. The van der Waals surface area contributed by atoms with Gasteiger partial charge in [-0.05, 0) is 79.4 Å². The summed E-state index contributed by atoms with van der Waals surface area (Å²) in [6.45, 7) is 1.85. The Hall–Kier alpha value is -2.42. The number of hydrogen-bond acceptors (Lipinski definition) is 4. The number of ketones is 1. The zero-order valence-corrected chi connectivity index (χ0v) is 20.3. The number of carbonyl (C=O) groups is 1. The van der Waals surface area contributed by atoms with E-state index in [2.05, 4.69) is 16.4 Å². The van der Waals surface area contributed by atoms with Crippen LogP contribution in [-0.4, -0.2) is 23.9 Å². The monoisotopic (exact) mass is 522 g/mol. The quantitative estimate of drug-likeness (QED) is 0.213. The molecule has 0 saturated heterocycles. The first kappa shape index (κ1) is 25.7. The summed E-state index contributed by atoms with van der Waals surface area (Å²) in [5, 5.41) is 4.12. The van der Waals surface area contributed by atoms with Gasteiger partial charge in [0, 0.05) is 28.8 Å². The van der Waals surface area contributed by atoms with Gasteiger partial charge in [0.2, 0.25) is 0 Å². The molecule has 1 N–H and O–H groups in total.